The molecule has 0 bridgehead atoms. The summed E-state index contributed by atoms with van der Waals surface area (Å²) in [5.74, 6) is 0.177. The molecule has 1 amide bonds. The highest BCUT2D eigenvalue weighted by Crippen LogP contribution is 2.24. The van der Waals surface area contributed by atoms with Crippen molar-refractivity contribution in [2.45, 2.75) is 32.2 Å². The van der Waals surface area contributed by atoms with Crippen LogP contribution >= 0.6 is 0 Å². The smallest absolute Gasteiger partial charge is 0.223 e. The minimum Gasteiger partial charge on any atom is -0.394 e. The standard InChI is InChI=1S/C15H20FNO2/c1-11-8-9-17(14(11)10-18)15(19)7-4-12-2-5-13(16)6-3-12/h2-3,5-6,11,14,18H,4,7-10H2,1H3. The van der Waals surface area contributed by atoms with Crippen LogP contribution in [0, 0.1) is 11.7 Å². The van der Waals surface area contributed by atoms with Crippen molar-refractivity contribution >= 4 is 5.91 Å². The Balaban J connectivity index is 1.89. The van der Waals surface area contributed by atoms with Crippen LogP contribution in [0.25, 0.3) is 0 Å². The van der Waals surface area contributed by atoms with Crippen molar-refractivity contribution in [3.63, 3.8) is 0 Å². The summed E-state index contributed by atoms with van der Waals surface area (Å²) < 4.78 is 12.8. The molecule has 1 aliphatic heterocycles. The van der Waals surface area contributed by atoms with Gasteiger partial charge in [-0.25, -0.2) is 4.39 Å². The molecule has 1 N–H and O–H groups in total. The van der Waals surface area contributed by atoms with Crippen molar-refractivity contribution in [1.29, 1.82) is 0 Å². The van der Waals surface area contributed by atoms with Crippen molar-refractivity contribution in [3.05, 3.63) is 35.6 Å². The van der Waals surface area contributed by atoms with Gasteiger partial charge in [0.1, 0.15) is 5.82 Å². The zero-order valence-corrected chi connectivity index (χ0v) is 11.2. The molecule has 1 saturated heterocycles. The van der Waals surface area contributed by atoms with Gasteiger partial charge < -0.3 is 10.0 Å². The summed E-state index contributed by atoms with van der Waals surface area (Å²) in [6, 6.07) is 6.20. The molecule has 1 aromatic rings. The lowest BCUT2D eigenvalue weighted by Crippen LogP contribution is -2.39. The topological polar surface area (TPSA) is 40.5 Å². The third-order valence-electron chi connectivity index (χ3n) is 3.93. The summed E-state index contributed by atoms with van der Waals surface area (Å²) in [4.78, 5) is 13.9. The van der Waals surface area contributed by atoms with E-state index in [-0.39, 0.29) is 24.4 Å². The molecular weight excluding hydrogens is 245 g/mol. The lowest BCUT2D eigenvalue weighted by Gasteiger charge is -2.25. The molecule has 0 radical (unpaired) electrons. The number of hydrogen-bond acceptors (Lipinski definition) is 2. The fraction of sp³-hybridized carbons (Fsp3) is 0.533. The van der Waals surface area contributed by atoms with E-state index in [0.29, 0.717) is 18.8 Å². The van der Waals surface area contributed by atoms with Crippen LogP contribution in [-0.2, 0) is 11.2 Å². The van der Waals surface area contributed by atoms with Crippen molar-refractivity contribution in [3.8, 4) is 0 Å². The van der Waals surface area contributed by atoms with Gasteiger partial charge in [0.25, 0.3) is 0 Å². The molecule has 0 aliphatic carbocycles. The van der Waals surface area contributed by atoms with Crippen LogP contribution < -0.4 is 0 Å². The molecule has 0 spiro atoms. The second kappa shape index (κ2) is 6.15. The van der Waals surface area contributed by atoms with E-state index in [2.05, 4.69) is 6.92 Å². The van der Waals surface area contributed by atoms with Crippen LogP contribution in [0.15, 0.2) is 24.3 Å². The minimum atomic E-state index is -0.260. The van der Waals surface area contributed by atoms with Crippen molar-refractivity contribution < 1.29 is 14.3 Å². The van der Waals surface area contributed by atoms with Crippen molar-refractivity contribution in [2.24, 2.45) is 5.92 Å². The summed E-state index contributed by atoms with van der Waals surface area (Å²) in [5.41, 5.74) is 0.961. The molecule has 1 aromatic carbocycles. The second-order valence-corrected chi connectivity index (χ2v) is 5.23. The lowest BCUT2D eigenvalue weighted by atomic mass is 10.0. The number of aliphatic hydroxyl groups excluding tert-OH is 1. The molecule has 2 atom stereocenters. The highest BCUT2D eigenvalue weighted by Gasteiger charge is 2.33. The van der Waals surface area contributed by atoms with Crippen LogP contribution in [0.1, 0.15) is 25.3 Å². The lowest BCUT2D eigenvalue weighted by molar-refractivity contribution is -0.133. The molecule has 1 aliphatic rings. The molecular formula is C15H20FNO2. The minimum absolute atomic E-state index is 0.0312. The molecule has 4 heteroatoms. The van der Waals surface area contributed by atoms with Gasteiger partial charge in [-0.15, -0.1) is 0 Å². The SMILES string of the molecule is CC1CCN(C(=O)CCc2ccc(F)cc2)C1CO. The number of aliphatic hydroxyl groups is 1. The Kier molecular flexibility index (Phi) is 4.53. The van der Waals surface area contributed by atoms with Gasteiger partial charge in [0.05, 0.1) is 12.6 Å². The third-order valence-corrected chi connectivity index (χ3v) is 3.93. The summed E-state index contributed by atoms with van der Waals surface area (Å²) >= 11 is 0. The van der Waals surface area contributed by atoms with E-state index in [1.807, 2.05) is 0 Å². The first-order chi connectivity index (χ1) is 9.11. The predicted molar refractivity (Wildman–Crippen MR) is 71.1 cm³/mol. The van der Waals surface area contributed by atoms with Gasteiger partial charge in [-0.3, -0.25) is 4.79 Å². The summed E-state index contributed by atoms with van der Waals surface area (Å²) in [5, 5.41) is 9.34. The Morgan fingerprint density at radius 2 is 2.11 bits per heavy atom. The van der Waals surface area contributed by atoms with E-state index < -0.39 is 0 Å². The molecule has 1 fully saturated rings. The highest BCUT2D eigenvalue weighted by atomic mass is 19.1. The molecule has 2 unspecified atom stereocenters. The fourth-order valence-corrected chi connectivity index (χ4v) is 2.64. The van der Waals surface area contributed by atoms with E-state index in [1.165, 1.54) is 12.1 Å². The normalized spacial score (nSPS) is 22.8. The van der Waals surface area contributed by atoms with Gasteiger partial charge in [-0.2, -0.15) is 0 Å². The van der Waals surface area contributed by atoms with Crippen LogP contribution in [0.2, 0.25) is 0 Å². The first kappa shape index (κ1) is 14.0. The van der Waals surface area contributed by atoms with Gasteiger partial charge >= 0.3 is 0 Å². The Morgan fingerprint density at radius 1 is 1.42 bits per heavy atom. The third kappa shape index (κ3) is 3.32. The maximum Gasteiger partial charge on any atom is 0.223 e. The Labute approximate surface area is 113 Å². The zero-order chi connectivity index (χ0) is 13.8. The fourth-order valence-electron chi connectivity index (χ4n) is 2.64. The number of carbonyl (C=O) groups excluding carboxylic acids is 1. The van der Waals surface area contributed by atoms with Gasteiger partial charge in [0, 0.05) is 13.0 Å². The Hall–Kier alpha value is -1.42. The maximum atomic E-state index is 12.8. The first-order valence-electron chi connectivity index (χ1n) is 6.76. The molecule has 1 heterocycles. The number of amides is 1. The van der Waals surface area contributed by atoms with E-state index in [0.717, 1.165) is 18.5 Å². The molecule has 2 rings (SSSR count). The monoisotopic (exact) mass is 265 g/mol. The molecule has 3 nitrogen and oxygen atoms in total. The van der Waals surface area contributed by atoms with Crippen LogP contribution in [0.4, 0.5) is 4.39 Å². The molecule has 104 valence electrons. The van der Waals surface area contributed by atoms with Gasteiger partial charge in [-0.05, 0) is 36.5 Å². The van der Waals surface area contributed by atoms with Gasteiger partial charge in [0.2, 0.25) is 5.91 Å². The summed E-state index contributed by atoms with van der Waals surface area (Å²) in [6.45, 7) is 2.83. The van der Waals surface area contributed by atoms with E-state index in [1.54, 1.807) is 17.0 Å². The number of likely N-dealkylation sites (tertiary alicyclic amines) is 1. The highest BCUT2D eigenvalue weighted by molar-refractivity contribution is 5.77. The number of benzene rings is 1. The molecule has 19 heavy (non-hydrogen) atoms. The van der Waals surface area contributed by atoms with Crippen molar-refractivity contribution in [2.75, 3.05) is 13.2 Å². The number of aryl methyl sites for hydroxylation is 1. The number of rotatable bonds is 4. The average Bonchev–Trinajstić information content (AvgIpc) is 2.79. The number of hydrogen-bond donors (Lipinski definition) is 1. The van der Waals surface area contributed by atoms with Crippen LogP contribution in [-0.4, -0.2) is 35.1 Å². The van der Waals surface area contributed by atoms with Crippen molar-refractivity contribution in [1.82, 2.24) is 4.90 Å². The quantitative estimate of drug-likeness (QED) is 0.904. The van der Waals surface area contributed by atoms with E-state index in [9.17, 15) is 14.3 Å². The summed E-state index contributed by atoms with van der Waals surface area (Å²) in [7, 11) is 0. The maximum absolute atomic E-state index is 12.8. The Morgan fingerprint density at radius 3 is 2.74 bits per heavy atom. The largest absolute Gasteiger partial charge is 0.394 e. The van der Waals surface area contributed by atoms with Gasteiger partial charge in [0.15, 0.2) is 0 Å². The van der Waals surface area contributed by atoms with Gasteiger partial charge in [-0.1, -0.05) is 19.1 Å². The van der Waals surface area contributed by atoms with Crippen LogP contribution in [0.5, 0.6) is 0 Å². The molecule has 0 aromatic heterocycles. The Bertz CT molecular complexity index is 432. The van der Waals surface area contributed by atoms with E-state index in [4.69, 9.17) is 0 Å². The average molecular weight is 265 g/mol. The summed E-state index contributed by atoms with van der Waals surface area (Å²) in [6.07, 6.45) is 1.98. The van der Waals surface area contributed by atoms with Crippen LogP contribution in [0.3, 0.4) is 0 Å². The number of halogens is 1. The number of carbonyl (C=O) groups is 1. The number of nitrogens with zero attached hydrogens (tertiary/aromatic N) is 1. The predicted octanol–water partition coefficient (Wildman–Crippen LogP) is 1.99. The second-order valence-electron chi connectivity index (χ2n) is 5.23. The molecule has 0 saturated carbocycles. The van der Waals surface area contributed by atoms with E-state index >= 15 is 0 Å². The first-order valence-corrected chi connectivity index (χ1v) is 6.76. The zero-order valence-electron chi connectivity index (χ0n) is 11.2.